The number of aromatic nitrogens is 1. The van der Waals surface area contributed by atoms with Crippen LogP contribution in [0.1, 0.15) is 29.9 Å². The number of nitrogens with one attached hydrogen (secondary N) is 1. The second kappa shape index (κ2) is 10.9. The first-order valence-corrected chi connectivity index (χ1v) is 9.87. The first kappa shape index (κ1) is 20.4. The maximum Gasteiger partial charge on any atom is 0.310 e. The van der Waals surface area contributed by atoms with Crippen molar-refractivity contribution in [3.63, 3.8) is 0 Å². The van der Waals surface area contributed by atoms with Crippen LogP contribution in [-0.2, 0) is 11.2 Å². The molecular weight excluding hydrogens is 364 g/mol. The summed E-state index contributed by atoms with van der Waals surface area (Å²) in [6.07, 6.45) is 3.86. The average molecular weight is 390 g/mol. The highest BCUT2D eigenvalue weighted by molar-refractivity contribution is 5.76. The molecule has 150 valence electrons. The average Bonchev–Trinajstić information content (AvgIpc) is 2.75. The van der Waals surface area contributed by atoms with Crippen molar-refractivity contribution in [3.8, 4) is 5.75 Å². The number of aliphatic carboxylic acids is 1. The van der Waals surface area contributed by atoms with Crippen molar-refractivity contribution in [1.29, 1.82) is 0 Å². The number of hydrogen-bond donors (Lipinski definition) is 2. The number of anilines is 1. The number of nitrogens with zero attached hydrogens (tertiary/aromatic N) is 1. The largest absolute Gasteiger partial charge is 0.494 e. The van der Waals surface area contributed by atoms with Crippen molar-refractivity contribution in [2.24, 2.45) is 0 Å². The molecule has 3 rings (SSSR count). The van der Waals surface area contributed by atoms with Gasteiger partial charge < -0.3 is 15.2 Å². The Bertz CT molecular complexity index is 885. The summed E-state index contributed by atoms with van der Waals surface area (Å²) in [4.78, 5) is 15.9. The summed E-state index contributed by atoms with van der Waals surface area (Å²) in [5.41, 5.74) is 1.92. The van der Waals surface area contributed by atoms with E-state index in [0.29, 0.717) is 19.4 Å². The van der Waals surface area contributed by atoms with Gasteiger partial charge in [-0.2, -0.15) is 0 Å². The topological polar surface area (TPSA) is 71.5 Å². The van der Waals surface area contributed by atoms with Crippen LogP contribution in [0.5, 0.6) is 5.75 Å². The molecule has 5 nitrogen and oxygen atoms in total. The fourth-order valence-corrected chi connectivity index (χ4v) is 3.17. The van der Waals surface area contributed by atoms with Gasteiger partial charge in [-0.15, -0.1) is 0 Å². The van der Waals surface area contributed by atoms with Crippen LogP contribution in [0.3, 0.4) is 0 Å². The van der Waals surface area contributed by atoms with Crippen molar-refractivity contribution >= 4 is 11.8 Å². The second-order valence-electron chi connectivity index (χ2n) is 6.83. The number of carbonyl (C=O) groups is 1. The zero-order valence-corrected chi connectivity index (χ0v) is 16.3. The van der Waals surface area contributed by atoms with Gasteiger partial charge in [0.05, 0.1) is 12.5 Å². The van der Waals surface area contributed by atoms with Gasteiger partial charge in [-0.25, -0.2) is 4.98 Å². The molecule has 0 saturated carbocycles. The number of benzene rings is 2. The number of rotatable bonds is 11. The number of carboxylic acid groups (broad SMARTS) is 1. The number of pyridine rings is 1. The van der Waals surface area contributed by atoms with E-state index >= 15 is 0 Å². The Morgan fingerprint density at radius 3 is 2.62 bits per heavy atom. The lowest BCUT2D eigenvalue weighted by Crippen LogP contribution is -2.12. The van der Waals surface area contributed by atoms with E-state index in [1.54, 1.807) is 6.20 Å². The zero-order valence-electron chi connectivity index (χ0n) is 16.3. The van der Waals surface area contributed by atoms with Crippen molar-refractivity contribution < 1.29 is 14.6 Å². The van der Waals surface area contributed by atoms with Gasteiger partial charge in [-0.1, -0.05) is 48.5 Å². The summed E-state index contributed by atoms with van der Waals surface area (Å²) >= 11 is 0. The second-order valence-corrected chi connectivity index (χ2v) is 6.83. The number of carboxylic acids is 1. The Morgan fingerprint density at radius 1 is 1.03 bits per heavy atom. The van der Waals surface area contributed by atoms with Crippen LogP contribution in [0, 0.1) is 0 Å². The van der Waals surface area contributed by atoms with Crippen LogP contribution in [0.25, 0.3) is 0 Å². The number of aryl methyl sites for hydroxylation is 1. The predicted molar refractivity (Wildman–Crippen MR) is 114 cm³/mol. The van der Waals surface area contributed by atoms with E-state index in [4.69, 9.17) is 4.74 Å². The fourth-order valence-electron chi connectivity index (χ4n) is 3.17. The molecule has 0 amide bonds. The summed E-state index contributed by atoms with van der Waals surface area (Å²) in [6.45, 7) is 1.39. The van der Waals surface area contributed by atoms with E-state index in [0.717, 1.165) is 35.7 Å². The van der Waals surface area contributed by atoms with Crippen LogP contribution in [0.15, 0.2) is 79.0 Å². The lowest BCUT2D eigenvalue weighted by Gasteiger charge is -2.13. The fraction of sp³-hybridized carbons (Fsp3) is 0.250. The van der Waals surface area contributed by atoms with E-state index in [1.165, 1.54) is 0 Å². The zero-order chi connectivity index (χ0) is 20.3. The standard InChI is InChI=1S/C24H26N2O3/c27-24(28)22(20-9-2-1-3-10-20)14-13-19-8-6-11-21(18-19)29-17-7-16-26-23-12-4-5-15-25-23/h1-6,8-12,15,18,22H,7,13-14,16-17H2,(H,25,26)(H,27,28). The molecule has 3 aromatic rings. The number of hydrogen-bond acceptors (Lipinski definition) is 4. The van der Waals surface area contributed by atoms with Gasteiger partial charge in [0, 0.05) is 12.7 Å². The van der Waals surface area contributed by atoms with Gasteiger partial charge in [0.2, 0.25) is 0 Å². The highest BCUT2D eigenvalue weighted by atomic mass is 16.5. The minimum atomic E-state index is -0.788. The van der Waals surface area contributed by atoms with Crippen molar-refractivity contribution in [1.82, 2.24) is 4.98 Å². The lowest BCUT2D eigenvalue weighted by atomic mass is 9.92. The molecule has 0 fully saturated rings. The van der Waals surface area contributed by atoms with Crippen LogP contribution in [-0.4, -0.2) is 29.2 Å². The third-order valence-corrected chi connectivity index (χ3v) is 4.68. The summed E-state index contributed by atoms with van der Waals surface area (Å²) in [6, 6.07) is 23.1. The van der Waals surface area contributed by atoms with Crippen molar-refractivity contribution in [2.45, 2.75) is 25.2 Å². The molecule has 2 N–H and O–H groups in total. The molecule has 0 aliphatic heterocycles. The van der Waals surface area contributed by atoms with Crippen LogP contribution >= 0.6 is 0 Å². The Morgan fingerprint density at radius 2 is 1.86 bits per heavy atom. The van der Waals surface area contributed by atoms with Gasteiger partial charge in [0.1, 0.15) is 11.6 Å². The lowest BCUT2D eigenvalue weighted by molar-refractivity contribution is -0.138. The molecule has 0 radical (unpaired) electrons. The maximum absolute atomic E-state index is 11.7. The van der Waals surface area contributed by atoms with E-state index in [2.05, 4.69) is 10.3 Å². The van der Waals surface area contributed by atoms with Crippen LogP contribution < -0.4 is 10.1 Å². The van der Waals surface area contributed by atoms with Crippen molar-refractivity contribution in [2.75, 3.05) is 18.5 Å². The SMILES string of the molecule is O=C(O)C(CCc1cccc(OCCCNc2ccccn2)c1)c1ccccc1. The Balaban J connectivity index is 1.45. The molecule has 1 atom stereocenters. The molecule has 0 aliphatic carbocycles. The molecule has 0 spiro atoms. The van der Waals surface area contributed by atoms with E-state index in [9.17, 15) is 9.90 Å². The van der Waals surface area contributed by atoms with Gasteiger partial charge in [-0.3, -0.25) is 4.79 Å². The number of ether oxygens (including phenoxy) is 1. The van der Waals surface area contributed by atoms with Gasteiger partial charge in [0.25, 0.3) is 0 Å². The quantitative estimate of drug-likeness (QED) is 0.462. The third kappa shape index (κ3) is 6.64. The Kier molecular flexibility index (Phi) is 7.63. The summed E-state index contributed by atoms with van der Waals surface area (Å²) in [5.74, 6) is 0.385. The molecule has 0 aliphatic rings. The molecule has 0 saturated heterocycles. The van der Waals surface area contributed by atoms with Crippen molar-refractivity contribution in [3.05, 3.63) is 90.1 Å². The third-order valence-electron chi connectivity index (χ3n) is 4.68. The predicted octanol–water partition coefficient (Wildman–Crippen LogP) is 4.76. The van der Waals surface area contributed by atoms with Gasteiger partial charge in [-0.05, 0) is 54.7 Å². The molecule has 29 heavy (non-hydrogen) atoms. The van der Waals surface area contributed by atoms with E-state index in [1.807, 2.05) is 72.8 Å². The maximum atomic E-state index is 11.7. The summed E-state index contributed by atoms with van der Waals surface area (Å²) in [5, 5.41) is 12.8. The first-order valence-electron chi connectivity index (χ1n) is 9.87. The highest BCUT2D eigenvalue weighted by Gasteiger charge is 2.19. The van der Waals surface area contributed by atoms with E-state index in [-0.39, 0.29) is 0 Å². The summed E-state index contributed by atoms with van der Waals surface area (Å²) < 4.78 is 5.85. The Hall–Kier alpha value is -3.34. The summed E-state index contributed by atoms with van der Waals surface area (Å²) in [7, 11) is 0. The minimum Gasteiger partial charge on any atom is -0.494 e. The van der Waals surface area contributed by atoms with E-state index < -0.39 is 11.9 Å². The first-order chi connectivity index (χ1) is 14.2. The highest BCUT2D eigenvalue weighted by Crippen LogP contribution is 2.23. The molecule has 0 bridgehead atoms. The van der Waals surface area contributed by atoms with Crippen LogP contribution in [0.2, 0.25) is 0 Å². The smallest absolute Gasteiger partial charge is 0.310 e. The molecule has 5 heteroatoms. The normalized spacial score (nSPS) is 11.6. The molecule has 1 unspecified atom stereocenters. The Labute approximate surface area is 171 Å². The molecule has 1 heterocycles. The van der Waals surface area contributed by atoms with Gasteiger partial charge >= 0.3 is 5.97 Å². The van der Waals surface area contributed by atoms with Gasteiger partial charge in [0.15, 0.2) is 0 Å². The monoisotopic (exact) mass is 390 g/mol. The molecule has 1 aromatic heterocycles. The minimum absolute atomic E-state index is 0.501. The van der Waals surface area contributed by atoms with Crippen LogP contribution in [0.4, 0.5) is 5.82 Å². The molecule has 2 aromatic carbocycles. The molecular formula is C24H26N2O3.